The Hall–Kier alpha value is -1.56. The maximum Gasteiger partial charge on any atom is 0.407 e. The summed E-state index contributed by atoms with van der Waals surface area (Å²) in [5.74, 6) is -0.668. The van der Waals surface area contributed by atoms with Crippen molar-refractivity contribution in [2.75, 3.05) is 13.2 Å². The molecule has 0 saturated carbocycles. The fraction of sp³-hybridized carbons (Fsp3) is 0.667. The predicted octanol–water partition coefficient (Wildman–Crippen LogP) is 0.871. The third-order valence-electron chi connectivity index (χ3n) is 2.86. The second kappa shape index (κ2) is 7.00. The Bertz CT molecular complexity index is 341. The minimum Gasteiger partial charge on any atom is -0.480 e. The number of carboxylic acids is 1. The number of hydrogen-bond acceptors (Lipinski definition) is 4. The molecule has 1 amide bonds. The van der Waals surface area contributed by atoms with Gasteiger partial charge in [0.05, 0.1) is 0 Å². The predicted molar refractivity (Wildman–Crippen MR) is 66.1 cm³/mol. The average molecular weight is 256 g/mol. The van der Waals surface area contributed by atoms with Gasteiger partial charge >= 0.3 is 12.1 Å². The van der Waals surface area contributed by atoms with Crippen molar-refractivity contribution >= 4 is 12.1 Å². The monoisotopic (exact) mass is 256 g/mol. The van der Waals surface area contributed by atoms with Crippen LogP contribution in [0.25, 0.3) is 0 Å². The number of ether oxygens (including phenoxy) is 1. The summed E-state index contributed by atoms with van der Waals surface area (Å²) in [5, 5.41) is 11.2. The maximum atomic E-state index is 11.2. The molecule has 0 aliphatic heterocycles. The molecule has 0 saturated heterocycles. The van der Waals surface area contributed by atoms with Gasteiger partial charge in [-0.15, -0.1) is 0 Å². The van der Waals surface area contributed by atoms with Crippen LogP contribution >= 0.6 is 0 Å². The molecule has 1 aliphatic carbocycles. The third kappa shape index (κ3) is 5.67. The van der Waals surface area contributed by atoms with Crippen LogP contribution in [0, 0.1) is 5.92 Å². The summed E-state index contributed by atoms with van der Waals surface area (Å²) in [6, 6.07) is -0.819. The highest BCUT2D eigenvalue weighted by atomic mass is 16.5. The van der Waals surface area contributed by atoms with Crippen molar-refractivity contribution in [1.29, 1.82) is 0 Å². The summed E-state index contributed by atoms with van der Waals surface area (Å²) >= 11 is 0. The van der Waals surface area contributed by atoms with Crippen LogP contribution in [-0.4, -0.2) is 36.4 Å². The standard InChI is InChI=1S/C12H20N2O4/c1-8-6-9(8)7-18-12(17)14-5-3-2-4-10(13)11(15)16/h6,9-10H,2-5,7,13H2,1H3,(H,14,17)(H,15,16)/t9?,10-/m0/s1. The highest BCUT2D eigenvalue weighted by Gasteiger charge is 2.21. The third-order valence-corrected chi connectivity index (χ3v) is 2.86. The molecule has 18 heavy (non-hydrogen) atoms. The van der Waals surface area contributed by atoms with E-state index in [-0.39, 0.29) is 0 Å². The number of nitrogens with two attached hydrogens (primary N) is 1. The van der Waals surface area contributed by atoms with Crippen LogP contribution in [0.15, 0.2) is 11.6 Å². The van der Waals surface area contributed by atoms with Crippen molar-refractivity contribution in [3.8, 4) is 0 Å². The minimum atomic E-state index is -0.991. The Labute approximate surface area is 106 Å². The largest absolute Gasteiger partial charge is 0.480 e. The number of unbranched alkanes of at least 4 members (excludes halogenated alkanes) is 1. The fourth-order valence-electron chi connectivity index (χ4n) is 1.47. The maximum absolute atomic E-state index is 11.2. The van der Waals surface area contributed by atoms with Gasteiger partial charge in [-0.05, 0) is 26.2 Å². The highest BCUT2D eigenvalue weighted by molar-refractivity contribution is 5.72. The summed E-state index contributed by atoms with van der Waals surface area (Å²) in [6.45, 7) is 2.88. The molecule has 4 N–H and O–H groups in total. The average Bonchev–Trinajstić information content (AvgIpc) is 3.02. The zero-order chi connectivity index (χ0) is 13.5. The van der Waals surface area contributed by atoms with Crippen LogP contribution < -0.4 is 11.1 Å². The molecule has 0 aromatic heterocycles. The molecule has 0 spiro atoms. The number of rotatable bonds is 8. The molecular weight excluding hydrogens is 236 g/mol. The molecule has 1 aliphatic rings. The van der Waals surface area contributed by atoms with Crippen LogP contribution in [0.2, 0.25) is 0 Å². The van der Waals surface area contributed by atoms with E-state index in [4.69, 9.17) is 15.6 Å². The lowest BCUT2D eigenvalue weighted by atomic mass is 10.1. The van der Waals surface area contributed by atoms with E-state index in [1.165, 1.54) is 5.57 Å². The SMILES string of the molecule is CC1=CC1COC(=O)NCCCC[C@H](N)C(=O)O. The Kier molecular flexibility index (Phi) is 5.64. The van der Waals surface area contributed by atoms with E-state index >= 15 is 0 Å². The molecule has 0 aromatic rings. The van der Waals surface area contributed by atoms with Crippen molar-refractivity contribution in [1.82, 2.24) is 5.32 Å². The van der Waals surface area contributed by atoms with E-state index in [0.717, 1.165) is 0 Å². The topological polar surface area (TPSA) is 102 Å². The highest BCUT2D eigenvalue weighted by Crippen LogP contribution is 2.27. The Morgan fingerprint density at radius 1 is 1.56 bits per heavy atom. The van der Waals surface area contributed by atoms with Crippen LogP contribution in [0.4, 0.5) is 4.79 Å². The van der Waals surface area contributed by atoms with Gasteiger partial charge < -0.3 is 20.9 Å². The van der Waals surface area contributed by atoms with Crippen molar-refractivity contribution in [2.24, 2.45) is 11.7 Å². The van der Waals surface area contributed by atoms with Gasteiger partial charge in [-0.1, -0.05) is 11.6 Å². The summed E-state index contributed by atoms with van der Waals surface area (Å²) in [5.41, 5.74) is 6.60. The molecular formula is C12H20N2O4. The van der Waals surface area contributed by atoms with Gasteiger partial charge in [0.2, 0.25) is 0 Å². The van der Waals surface area contributed by atoms with Gasteiger partial charge in [0.15, 0.2) is 0 Å². The second-order valence-corrected chi connectivity index (χ2v) is 4.48. The summed E-state index contributed by atoms with van der Waals surface area (Å²) in [4.78, 5) is 21.6. The van der Waals surface area contributed by atoms with E-state index in [9.17, 15) is 9.59 Å². The lowest BCUT2D eigenvalue weighted by molar-refractivity contribution is -0.138. The molecule has 6 nitrogen and oxygen atoms in total. The number of carbonyl (C=O) groups excluding carboxylic acids is 1. The molecule has 0 heterocycles. The van der Waals surface area contributed by atoms with Crippen molar-refractivity contribution in [2.45, 2.75) is 32.2 Å². The van der Waals surface area contributed by atoms with E-state index in [1.54, 1.807) is 0 Å². The Morgan fingerprint density at radius 3 is 2.78 bits per heavy atom. The van der Waals surface area contributed by atoms with E-state index in [1.807, 2.05) is 13.0 Å². The molecule has 6 heteroatoms. The van der Waals surface area contributed by atoms with Crippen molar-refractivity contribution in [3.05, 3.63) is 11.6 Å². The summed E-state index contributed by atoms with van der Waals surface area (Å²) in [6.07, 6.45) is 3.39. The molecule has 0 radical (unpaired) electrons. The normalized spacial score (nSPS) is 18.8. The molecule has 0 aromatic carbocycles. The van der Waals surface area contributed by atoms with E-state index in [0.29, 0.717) is 38.3 Å². The quantitative estimate of drug-likeness (QED) is 0.442. The zero-order valence-electron chi connectivity index (χ0n) is 10.5. The van der Waals surface area contributed by atoms with Crippen molar-refractivity contribution in [3.63, 3.8) is 0 Å². The van der Waals surface area contributed by atoms with Crippen LogP contribution in [0.3, 0.4) is 0 Å². The van der Waals surface area contributed by atoms with Crippen molar-refractivity contribution < 1.29 is 19.4 Å². The number of nitrogens with one attached hydrogen (secondary N) is 1. The van der Waals surface area contributed by atoms with Crippen LogP contribution in [-0.2, 0) is 9.53 Å². The van der Waals surface area contributed by atoms with Gasteiger partial charge in [0.25, 0.3) is 0 Å². The number of amides is 1. The minimum absolute atomic E-state index is 0.323. The first-order chi connectivity index (χ1) is 8.50. The zero-order valence-corrected chi connectivity index (χ0v) is 10.5. The molecule has 0 bridgehead atoms. The Morgan fingerprint density at radius 2 is 2.22 bits per heavy atom. The van der Waals surface area contributed by atoms with Crippen LogP contribution in [0.1, 0.15) is 26.2 Å². The molecule has 102 valence electrons. The van der Waals surface area contributed by atoms with E-state index in [2.05, 4.69) is 5.32 Å². The molecule has 1 unspecified atom stereocenters. The second-order valence-electron chi connectivity index (χ2n) is 4.48. The number of aliphatic carboxylic acids is 1. The van der Waals surface area contributed by atoms with Crippen LogP contribution in [0.5, 0.6) is 0 Å². The van der Waals surface area contributed by atoms with Gasteiger partial charge in [-0.2, -0.15) is 0 Å². The number of carboxylic acid groups (broad SMARTS) is 1. The van der Waals surface area contributed by atoms with Gasteiger partial charge in [-0.25, -0.2) is 4.79 Å². The Balaban J connectivity index is 1.90. The first-order valence-electron chi connectivity index (χ1n) is 6.08. The fourth-order valence-corrected chi connectivity index (χ4v) is 1.47. The number of hydrogen-bond donors (Lipinski definition) is 3. The summed E-state index contributed by atoms with van der Waals surface area (Å²) < 4.78 is 4.98. The van der Waals surface area contributed by atoms with Gasteiger partial charge in [0.1, 0.15) is 12.6 Å². The lowest BCUT2D eigenvalue weighted by Gasteiger charge is -2.08. The molecule has 2 atom stereocenters. The van der Waals surface area contributed by atoms with Gasteiger partial charge in [-0.3, -0.25) is 4.79 Å². The number of carbonyl (C=O) groups is 2. The number of alkyl carbamates (subject to hydrolysis) is 1. The van der Waals surface area contributed by atoms with Gasteiger partial charge in [0, 0.05) is 12.5 Å². The smallest absolute Gasteiger partial charge is 0.407 e. The lowest BCUT2D eigenvalue weighted by Crippen LogP contribution is -2.30. The van der Waals surface area contributed by atoms with E-state index < -0.39 is 18.1 Å². The summed E-state index contributed by atoms with van der Waals surface area (Å²) in [7, 11) is 0. The molecule has 0 fully saturated rings. The first kappa shape index (κ1) is 14.5. The first-order valence-corrected chi connectivity index (χ1v) is 6.08. The molecule has 1 rings (SSSR count).